The molecule has 0 saturated carbocycles. The molecule has 1 rings (SSSR count). The van der Waals surface area contributed by atoms with Crippen molar-refractivity contribution in [3.63, 3.8) is 0 Å². The zero-order valence-corrected chi connectivity index (χ0v) is 9.63. The Labute approximate surface area is 89.2 Å². The van der Waals surface area contributed by atoms with Gasteiger partial charge < -0.3 is 4.55 Å². The first-order chi connectivity index (χ1) is 5.68. The van der Waals surface area contributed by atoms with E-state index in [1.54, 1.807) is 11.7 Å². The Morgan fingerprint density at radius 1 is 1.33 bits per heavy atom. The minimum Gasteiger partial charge on any atom is -0.612 e. The van der Waals surface area contributed by atoms with Crippen molar-refractivity contribution in [2.45, 2.75) is 0 Å². The van der Waals surface area contributed by atoms with Gasteiger partial charge in [-0.05, 0) is 57.5 Å². The first-order valence-electron chi connectivity index (χ1n) is 3.44. The van der Waals surface area contributed by atoms with Crippen LogP contribution in [0.25, 0.3) is 6.08 Å². The van der Waals surface area contributed by atoms with E-state index in [4.69, 9.17) is 0 Å². The molecule has 0 heterocycles. The van der Waals surface area contributed by atoms with E-state index in [9.17, 15) is 4.55 Å². The second-order valence-corrected chi connectivity index (χ2v) is 4.87. The van der Waals surface area contributed by atoms with Gasteiger partial charge in [-0.25, -0.2) is 0 Å². The number of rotatable bonds is 2. The van der Waals surface area contributed by atoms with Gasteiger partial charge in [0.25, 0.3) is 0 Å². The fourth-order valence-corrected chi connectivity index (χ4v) is 1.46. The molecule has 0 aliphatic rings. The van der Waals surface area contributed by atoms with Gasteiger partial charge in [-0.3, -0.25) is 0 Å². The van der Waals surface area contributed by atoms with Gasteiger partial charge in [0.2, 0.25) is 0 Å². The minimum atomic E-state index is -0.854. The van der Waals surface area contributed by atoms with Gasteiger partial charge in [0.15, 0.2) is 0 Å². The Morgan fingerprint density at radius 3 is 2.42 bits per heavy atom. The molecule has 0 saturated heterocycles. The lowest BCUT2D eigenvalue weighted by atomic mass is 10.2. The maximum Gasteiger partial charge on any atom is 0.117 e. The molecule has 0 aromatic heterocycles. The van der Waals surface area contributed by atoms with Crippen LogP contribution < -0.4 is 0 Å². The molecule has 0 fully saturated rings. The molecule has 0 aliphatic heterocycles. The van der Waals surface area contributed by atoms with Gasteiger partial charge in [-0.15, -0.1) is 0 Å². The van der Waals surface area contributed by atoms with E-state index >= 15 is 0 Å². The summed E-state index contributed by atoms with van der Waals surface area (Å²) in [5.74, 6) is 0. The van der Waals surface area contributed by atoms with E-state index in [2.05, 4.69) is 22.6 Å². The van der Waals surface area contributed by atoms with Crippen molar-refractivity contribution < 1.29 is 4.55 Å². The van der Waals surface area contributed by atoms with Gasteiger partial charge in [-0.1, -0.05) is 12.1 Å². The van der Waals surface area contributed by atoms with Crippen LogP contribution in [-0.4, -0.2) is 10.8 Å². The van der Waals surface area contributed by atoms with Crippen LogP contribution in [0.5, 0.6) is 0 Å². The molecule has 0 bridgehead atoms. The number of halogens is 1. The lowest BCUT2D eigenvalue weighted by Crippen LogP contribution is -1.87. The molecular formula is C9H9IOS. The summed E-state index contributed by atoms with van der Waals surface area (Å²) in [5.41, 5.74) is 1.09. The quantitative estimate of drug-likeness (QED) is 0.607. The molecule has 0 aliphatic carbocycles. The standard InChI is InChI=1S/C9H9IOS/c1-12(11)7-6-8-2-4-9(10)5-3-8/h2-7H,1H3/b7-6+. The van der Waals surface area contributed by atoms with Gasteiger partial charge in [-0.2, -0.15) is 0 Å². The number of hydrogen-bond donors (Lipinski definition) is 0. The first-order valence-corrected chi connectivity index (χ1v) is 6.14. The predicted molar refractivity (Wildman–Crippen MR) is 62.3 cm³/mol. The molecule has 1 nitrogen and oxygen atoms in total. The zero-order chi connectivity index (χ0) is 8.97. The summed E-state index contributed by atoms with van der Waals surface area (Å²) in [6.07, 6.45) is 3.52. The lowest BCUT2D eigenvalue weighted by molar-refractivity contribution is 0.609. The third kappa shape index (κ3) is 3.60. The SMILES string of the molecule is C[S+]([O-])/C=C/c1ccc(I)cc1. The summed E-state index contributed by atoms with van der Waals surface area (Å²) >= 11 is 1.40. The third-order valence-electron chi connectivity index (χ3n) is 1.32. The van der Waals surface area contributed by atoms with Crippen LogP contribution in [0.3, 0.4) is 0 Å². The van der Waals surface area contributed by atoms with Gasteiger partial charge >= 0.3 is 0 Å². The Bertz CT molecular complexity index is 266. The Kier molecular flexibility index (Phi) is 4.11. The van der Waals surface area contributed by atoms with Crippen LogP contribution in [0.15, 0.2) is 29.7 Å². The topological polar surface area (TPSA) is 23.1 Å². The van der Waals surface area contributed by atoms with Crippen LogP contribution >= 0.6 is 22.6 Å². The highest BCUT2D eigenvalue weighted by molar-refractivity contribution is 14.1. The van der Waals surface area contributed by atoms with Crippen molar-refractivity contribution in [1.82, 2.24) is 0 Å². The molecule has 0 radical (unpaired) electrons. The maximum absolute atomic E-state index is 10.7. The van der Waals surface area contributed by atoms with E-state index in [1.165, 1.54) is 3.57 Å². The van der Waals surface area contributed by atoms with Crippen LogP contribution in [0.2, 0.25) is 0 Å². The van der Waals surface area contributed by atoms with E-state index in [-0.39, 0.29) is 0 Å². The maximum atomic E-state index is 10.7. The largest absolute Gasteiger partial charge is 0.612 e. The molecule has 0 N–H and O–H groups in total. The summed E-state index contributed by atoms with van der Waals surface area (Å²) in [6.45, 7) is 0. The van der Waals surface area contributed by atoms with E-state index in [0.29, 0.717) is 0 Å². The molecular weight excluding hydrogens is 283 g/mol. The second kappa shape index (κ2) is 4.89. The Balaban J connectivity index is 2.71. The van der Waals surface area contributed by atoms with Crippen LogP contribution in [0.1, 0.15) is 5.56 Å². The normalized spacial score (nSPS) is 13.6. The van der Waals surface area contributed by atoms with Crippen molar-refractivity contribution >= 4 is 39.8 Å². The molecule has 0 amide bonds. The third-order valence-corrected chi connectivity index (χ3v) is 2.56. The highest BCUT2D eigenvalue weighted by Gasteiger charge is 1.89. The molecule has 1 unspecified atom stereocenters. The van der Waals surface area contributed by atoms with Crippen molar-refractivity contribution in [2.75, 3.05) is 6.26 Å². The Hall–Kier alpha value is -0.0000000000000000555. The molecule has 3 heteroatoms. The van der Waals surface area contributed by atoms with E-state index in [1.807, 2.05) is 30.3 Å². The summed E-state index contributed by atoms with van der Waals surface area (Å²) in [4.78, 5) is 0. The van der Waals surface area contributed by atoms with Crippen molar-refractivity contribution in [3.05, 3.63) is 38.8 Å². The first kappa shape index (κ1) is 10.1. The summed E-state index contributed by atoms with van der Waals surface area (Å²) < 4.78 is 11.9. The van der Waals surface area contributed by atoms with Crippen molar-refractivity contribution in [2.24, 2.45) is 0 Å². The molecule has 1 aromatic rings. The highest BCUT2D eigenvalue weighted by Crippen LogP contribution is 2.08. The fourth-order valence-electron chi connectivity index (χ4n) is 0.748. The van der Waals surface area contributed by atoms with E-state index < -0.39 is 11.2 Å². The van der Waals surface area contributed by atoms with Crippen LogP contribution in [0.4, 0.5) is 0 Å². The average molecular weight is 292 g/mol. The van der Waals surface area contributed by atoms with Crippen LogP contribution in [-0.2, 0) is 11.2 Å². The molecule has 1 atom stereocenters. The summed E-state index contributed by atoms with van der Waals surface area (Å²) in [6, 6.07) is 8.06. The van der Waals surface area contributed by atoms with Crippen molar-refractivity contribution in [3.8, 4) is 0 Å². The monoisotopic (exact) mass is 292 g/mol. The molecule has 12 heavy (non-hydrogen) atoms. The lowest BCUT2D eigenvalue weighted by Gasteiger charge is -1.96. The Morgan fingerprint density at radius 2 is 1.92 bits per heavy atom. The van der Waals surface area contributed by atoms with E-state index in [0.717, 1.165) is 5.56 Å². The molecule has 64 valence electrons. The van der Waals surface area contributed by atoms with Gasteiger partial charge in [0.05, 0.1) is 6.26 Å². The highest BCUT2D eigenvalue weighted by atomic mass is 127. The average Bonchev–Trinajstić information content (AvgIpc) is 2.03. The van der Waals surface area contributed by atoms with Crippen molar-refractivity contribution in [1.29, 1.82) is 0 Å². The number of hydrogen-bond acceptors (Lipinski definition) is 1. The molecule has 0 spiro atoms. The summed E-state index contributed by atoms with van der Waals surface area (Å²) in [5, 5.41) is 1.68. The van der Waals surface area contributed by atoms with Gasteiger partial charge in [0.1, 0.15) is 5.41 Å². The zero-order valence-electron chi connectivity index (χ0n) is 6.66. The minimum absolute atomic E-state index is 0.854. The number of benzene rings is 1. The molecule has 1 aromatic carbocycles. The predicted octanol–water partition coefficient (Wildman–Crippen LogP) is 2.64. The fraction of sp³-hybridized carbons (Fsp3) is 0.111. The van der Waals surface area contributed by atoms with Gasteiger partial charge in [0, 0.05) is 3.57 Å². The smallest absolute Gasteiger partial charge is 0.117 e. The summed E-state index contributed by atoms with van der Waals surface area (Å²) in [7, 11) is 0. The van der Waals surface area contributed by atoms with Crippen LogP contribution in [0, 0.1) is 3.57 Å². The second-order valence-electron chi connectivity index (χ2n) is 2.35.